The minimum absolute atomic E-state index is 0.156. The molecule has 1 aromatic rings. The second-order valence-electron chi connectivity index (χ2n) is 3.26. The van der Waals surface area contributed by atoms with Crippen molar-refractivity contribution in [3.8, 4) is 11.5 Å². The standard InChI is InChI=1S/C13H14O5/c1-16-11-6-5-10(9-14)12(8-11)18-7-3-4-13(15)17-2/h3-6,8-9H,7H2,1-2H3. The number of esters is 1. The van der Waals surface area contributed by atoms with Gasteiger partial charge in [-0.05, 0) is 18.2 Å². The number of benzene rings is 1. The van der Waals surface area contributed by atoms with Gasteiger partial charge in [-0.1, -0.05) is 0 Å². The van der Waals surface area contributed by atoms with Gasteiger partial charge in [-0.25, -0.2) is 4.79 Å². The maximum atomic E-state index is 10.8. The summed E-state index contributed by atoms with van der Waals surface area (Å²) in [6.45, 7) is 0.156. The smallest absolute Gasteiger partial charge is 0.330 e. The summed E-state index contributed by atoms with van der Waals surface area (Å²) in [6.07, 6.45) is 3.44. The van der Waals surface area contributed by atoms with E-state index in [4.69, 9.17) is 9.47 Å². The van der Waals surface area contributed by atoms with Crippen molar-refractivity contribution >= 4 is 12.3 Å². The van der Waals surface area contributed by atoms with Crippen molar-refractivity contribution in [2.24, 2.45) is 0 Å². The van der Waals surface area contributed by atoms with Crippen LogP contribution in [0.5, 0.6) is 11.5 Å². The van der Waals surface area contributed by atoms with Crippen LogP contribution in [0.1, 0.15) is 10.4 Å². The lowest BCUT2D eigenvalue weighted by atomic mass is 10.2. The number of hydrogen-bond acceptors (Lipinski definition) is 5. The van der Waals surface area contributed by atoms with E-state index < -0.39 is 5.97 Å². The van der Waals surface area contributed by atoms with Crippen molar-refractivity contribution in [3.63, 3.8) is 0 Å². The minimum atomic E-state index is -0.458. The lowest BCUT2D eigenvalue weighted by Gasteiger charge is -2.08. The molecule has 0 aliphatic carbocycles. The maximum Gasteiger partial charge on any atom is 0.330 e. The van der Waals surface area contributed by atoms with Crippen molar-refractivity contribution in [1.82, 2.24) is 0 Å². The van der Waals surface area contributed by atoms with Crippen LogP contribution in [0.25, 0.3) is 0 Å². The largest absolute Gasteiger partial charge is 0.497 e. The fourth-order valence-corrected chi connectivity index (χ4v) is 1.21. The second kappa shape index (κ2) is 7.11. The molecule has 0 aliphatic heterocycles. The first-order valence-electron chi connectivity index (χ1n) is 5.21. The Hall–Kier alpha value is -2.30. The Morgan fingerprint density at radius 1 is 1.33 bits per heavy atom. The van der Waals surface area contributed by atoms with Gasteiger partial charge in [-0.3, -0.25) is 4.79 Å². The SMILES string of the molecule is COC(=O)C=CCOc1cc(OC)ccc1C=O. The van der Waals surface area contributed by atoms with E-state index >= 15 is 0 Å². The minimum Gasteiger partial charge on any atom is -0.497 e. The van der Waals surface area contributed by atoms with Gasteiger partial charge in [0.1, 0.15) is 18.1 Å². The monoisotopic (exact) mass is 250 g/mol. The first-order chi connectivity index (χ1) is 8.71. The number of methoxy groups -OCH3 is 2. The molecule has 0 radical (unpaired) electrons. The molecule has 1 aromatic carbocycles. The van der Waals surface area contributed by atoms with Gasteiger partial charge in [0.2, 0.25) is 0 Å². The van der Waals surface area contributed by atoms with E-state index in [-0.39, 0.29) is 6.61 Å². The van der Waals surface area contributed by atoms with Crippen LogP contribution in [0.3, 0.4) is 0 Å². The van der Waals surface area contributed by atoms with Crippen LogP contribution in [0.15, 0.2) is 30.4 Å². The highest BCUT2D eigenvalue weighted by Gasteiger charge is 2.04. The normalized spacial score (nSPS) is 10.1. The Labute approximate surface area is 105 Å². The van der Waals surface area contributed by atoms with E-state index in [9.17, 15) is 9.59 Å². The molecule has 0 saturated heterocycles. The fraction of sp³-hybridized carbons (Fsp3) is 0.231. The summed E-state index contributed by atoms with van der Waals surface area (Å²) >= 11 is 0. The van der Waals surface area contributed by atoms with Crippen molar-refractivity contribution in [2.45, 2.75) is 0 Å². The summed E-state index contributed by atoms with van der Waals surface area (Å²) < 4.78 is 14.8. The van der Waals surface area contributed by atoms with Gasteiger partial charge in [0.15, 0.2) is 6.29 Å². The molecule has 0 atom stereocenters. The van der Waals surface area contributed by atoms with Crippen LogP contribution in [0.2, 0.25) is 0 Å². The van der Waals surface area contributed by atoms with Gasteiger partial charge in [0.05, 0.1) is 19.8 Å². The maximum absolute atomic E-state index is 10.8. The molecule has 0 heterocycles. The van der Waals surface area contributed by atoms with Crippen molar-refractivity contribution in [2.75, 3.05) is 20.8 Å². The summed E-state index contributed by atoms with van der Waals surface area (Å²) in [5.41, 5.74) is 0.419. The first kappa shape index (κ1) is 13.8. The van der Waals surface area contributed by atoms with Crippen LogP contribution in [-0.2, 0) is 9.53 Å². The third-order valence-corrected chi connectivity index (χ3v) is 2.14. The molecule has 0 spiro atoms. The highest BCUT2D eigenvalue weighted by atomic mass is 16.5. The Balaban J connectivity index is 2.68. The molecule has 1 rings (SSSR count). The molecule has 0 unspecified atom stereocenters. The summed E-state index contributed by atoms with van der Waals surface area (Å²) in [6, 6.07) is 4.88. The first-order valence-corrected chi connectivity index (χ1v) is 5.21. The van der Waals surface area contributed by atoms with Gasteiger partial charge in [-0.2, -0.15) is 0 Å². The number of carbonyl (C=O) groups is 2. The van der Waals surface area contributed by atoms with Crippen LogP contribution in [-0.4, -0.2) is 33.1 Å². The average Bonchev–Trinajstić information content (AvgIpc) is 2.42. The molecular formula is C13H14O5. The van der Waals surface area contributed by atoms with E-state index in [0.29, 0.717) is 23.3 Å². The second-order valence-corrected chi connectivity index (χ2v) is 3.26. The van der Waals surface area contributed by atoms with Crippen molar-refractivity contribution < 1.29 is 23.8 Å². The van der Waals surface area contributed by atoms with E-state index in [2.05, 4.69) is 4.74 Å². The lowest BCUT2D eigenvalue weighted by molar-refractivity contribution is -0.134. The zero-order valence-electron chi connectivity index (χ0n) is 10.2. The van der Waals surface area contributed by atoms with Crippen LogP contribution in [0.4, 0.5) is 0 Å². The topological polar surface area (TPSA) is 61.8 Å². The Bertz CT molecular complexity index is 451. The van der Waals surface area contributed by atoms with Gasteiger partial charge in [-0.15, -0.1) is 0 Å². The molecular weight excluding hydrogens is 236 g/mol. The van der Waals surface area contributed by atoms with Crippen LogP contribution >= 0.6 is 0 Å². The summed E-state index contributed by atoms with van der Waals surface area (Å²) in [5.74, 6) is 0.534. The van der Waals surface area contributed by atoms with Gasteiger partial charge < -0.3 is 14.2 Å². The highest BCUT2D eigenvalue weighted by Crippen LogP contribution is 2.23. The third kappa shape index (κ3) is 3.93. The zero-order valence-corrected chi connectivity index (χ0v) is 10.2. The van der Waals surface area contributed by atoms with E-state index in [0.717, 1.165) is 0 Å². The summed E-state index contributed by atoms with van der Waals surface area (Å²) in [7, 11) is 2.82. The predicted octanol–water partition coefficient (Wildman–Crippen LogP) is 1.62. The van der Waals surface area contributed by atoms with Gasteiger partial charge in [0.25, 0.3) is 0 Å². The molecule has 0 amide bonds. The molecule has 5 heteroatoms. The fourth-order valence-electron chi connectivity index (χ4n) is 1.21. The lowest BCUT2D eigenvalue weighted by Crippen LogP contribution is -2.00. The third-order valence-electron chi connectivity index (χ3n) is 2.14. The number of aldehydes is 1. The number of carbonyl (C=O) groups excluding carboxylic acids is 2. The van der Waals surface area contributed by atoms with E-state index in [1.54, 1.807) is 18.2 Å². The average molecular weight is 250 g/mol. The predicted molar refractivity (Wildman–Crippen MR) is 65.0 cm³/mol. The van der Waals surface area contributed by atoms with E-state index in [1.165, 1.54) is 26.4 Å². The number of rotatable bonds is 6. The number of hydrogen-bond donors (Lipinski definition) is 0. The van der Waals surface area contributed by atoms with Crippen molar-refractivity contribution in [1.29, 1.82) is 0 Å². The summed E-state index contributed by atoms with van der Waals surface area (Å²) in [5, 5.41) is 0. The molecule has 0 saturated carbocycles. The Kier molecular flexibility index (Phi) is 5.44. The van der Waals surface area contributed by atoms with Crippen LogP contribution < -0.4 is 9.47 Å². The van der Waals surface area contributed by atoms with Crippen molar-refractivity contribution in [3.05, 3.63) is 35.9 Å². The molecule has 18 heavy (non-hydrogen) atoms. The highest BCUT2D eigenvalue weighted by molar-refractivity contribution is 5.81. The molecule has 0 bridgehead atoms. The van der Waals surface area contributed by atoms with Gasteiger partial charge in [0, 0.05) is 12.1 Å². The van der Waals surface area contributed by atoms with Crippen LogP contribution in [0, 0.1) is 0 Å². The molecule has 0 N–H and O–H groups in total. The summed E-state index contributed by atoms with van der Waals surface area (Å²) in [4.78, 5) is 21.6. The van der Waals surface area contributed by atoms with Gasteiger partial charge >= 0.3 is 5.97 Å². The molecule has 5 nitrogen and oxygen atoms in total. The zero-order chi connectivity index (χ0) is 13.4. The molecule has 96 valence electrons. The van der Waals surface area contributed by atoms with E-state index in [1.807, 2.05) is 0 Å². The number of ether oxygens (including phenoxy) is 3. The Morgan fingerprint density at radius 2 is 2.11 bits per heavy atom. The molecule has 0 aromatic heterocycles. The molecule has 0 fully saturated rings. The molecule has 0 aliphatic rings. The quantitative estimate of drug-likeness (QED) is 0.436. The Morgan fingerprint density at radius 3 is 2.72 bits per heavy atom.